The highest BCUT2D eigenvalue weighted by Crippen LogP contribution is 2.41. The number of carbonyl (C=O) groups is 1. The van der Waals surface area contributed by atoms with E-state index >= 15 is 0 Å². The Bertz CT molecular complexity index is 982. The van der Waals surface area contributed by atoms with Gasteiger partial charge in [0.15, 0.2) is 6.10 Å². The molecule has 2 aromatic carbocycles. The van der Waals surface area contributed by atoms with Crippen molar-refractivity contribution in [3.63, 3.8) is 0 Å². The zero-order chi connectivity index (χ0) is 19.2. The second-order valence-corrected chi connectivity index (χ2v) is 8.54. The van der Waals surface area contributed by atoms with Gasteiger partial charge in [-0.1, -0.05) is 35.3 Å². The van der Waals surface area contributed by atoms with E-state index in [1.807, 2.05) is 0 Å². The number of rotatable bonds is 3. The molecule has 1 amide bonds. The summed E-state index contributed by atoms with van der Waals surface area (Å²) >= 11 is 12.5. The maximum absolute atomic E-state index is 13.4. The predicted molar refractivity (Wildman–Crippen MR) is 101 cm³/mol. The van der Waals surface area contributed by atoms with Crippen LogP contribution in [-0.2, 0) is 14.8 Å². The third kappa shape index (κ3) is 3.00. The van der Waals surface area contributed by atoms with Crippen LogP contribution in [0.15, 0.2) is 35.2 Å². The molecule has 1 aliphatic heterocycles. The third-order valence-electron chi connectivity index (χ3n) is 4.19. The van der Waals surface area contributed by atoms with Gasteiger partial charge in [-0.05, 0) is 43.2 Å². The zero-order valence-corrected chi connectivity index (χ0v) is 16.3. The maximum Gasteiger partial charge on any atom is 0.266 e. The highest BCUT2D eigenvalue weighted by atomic mass is 35.5. The molecule has 1 atom stereocenters. The van der Waals surface area contributed by atoms with Gasteiger partial charge in [-0.3, -0.25) is 9.10 Å². The number of hydrogen-bond donors (Lipinski definition) is 1. The lowest BCUT2D eigenvalue weighted by Gasteiger charge is -2.34. The first-order chi connectivity index (χ1) is 12.1. The van der Waals surface area contributed by atoms with E-state index in [1.165, 1.54) is 0 Å². The Morgan fingerprint density at radius 2 is 1.92 bits per heavy atom. The van der Waals surface area contributed by atoms with Crippen molar-refractivity contribution in [2.45, 2.75) is 24.8 Å². The minimum atomic E-state index is -4.12. The van der Waals surface area contributed by atoms with Crippen LogP contribution >= 0.6 is 23.2 Å². The Balaban J connectivity index is 2.24. The highest BCUT2D eigenvalue weighted by Gasteiger charge is 2.38. The quantitative estimate of drug-likeness (QED) is 0.835. The van der Waals surface area contributed by atoms with Gasteiger partial charge in [0.25, 0.3) is 15.9 Å². The monoisotopic (exact) mass is 414 g/mol. The molecule has 2 N–H and O–H groups in total. The number of carbonyl (C=O) groups excluding carboxylic acids is 1. The molecule has 0 aromatic heterocycles. The number of aryl methyl sites for hydroxylation is 1. The van der Waals surface area contributed by atoms with Crippen LogP contribution in [0.2, 0.25) is 10.0 Å². The van der Waals surface area contributed by atoms with E-state index < -0.39 is 22.0 Å². The van der Waals surface area contributed by atoms with Crippen LogP contribution in [0.25, 0.3) is 0 Å². The lowest BCUT2D eigenvalue weighted by molar-refractivity contribution is -0.124. The summed E-state index contributed by atoms with van der Waals surface area (Å²) in [5, 5.41) is 0.380. The van der Waals surface area contributed by atoms with Crippen molar-refractivity contribution in [2.75, 3.05) is 10.8 Å². The molecule has 1 aliphatic rings. The summed E-state index contributed by atoms with van der Waals surface area (Å²) in [5.41, 5.74) is 6.52. The van der Waals surface area contributed by atoms with Gasteiger partial charge in [0.1, 0.15) is 10.6 Å². The lowest BCUT2D eigenvalue weighted by Crippen LogP contribution is -2.49. The number of nitrogens with two attached hydrogens (primary N) is 1. The molecule has 138 valence electrons. The number of anilines is 1. The van der Waals surface area contributed by atoms with Crippen LogP contribution in [0.4, 0.5) is 5.69 Å². The van der Waals surface area contributed by atoms with Crippen LogP contribution in [0.3, 0.4) is 0 Å². The number of fused-ring (bicyclic) bond motifs is 1. The molecular weight excluding hydrogens is 399 g/mol. The first-order valence-corrected chi connectivity index (χ1v) is 9.87. The van der Waals surface area contributed by atoms with Gasteiger partial charge in [-0.25, -0.2) is 8.42 Å². The van der Waals surface area contributed by atoms with Crippen molar-refractivity contribution in [1.82, 2.24) is 0 Å². The maximum atomic E-state index is 13.4. The molecule has 26 heavy (non-hydrogen) atoms. The number of sulfonamides is 1. The third-order valence-corrected chi connectivity index (χ3v) is 7.13. The van der Waals surface area contributed by atoms with Crippen molar-refractivity contribution in [1.29, 1.82) is 0 Å². The molecule has 6 nitrogen and oxygen atoms in total. The topological polar surface area (TPSA) is 89.7 Å². The summed E-state index contributed by atoms with van der Waals surface area (Å²) in [7, 11) is -4.12. The van der Waals surface area contributed by atoms with Gasteiger partial charge >= 0.3 is 0 Å². The number of benzene rings is 2. The SMILES string of the molecule is Cc1cc(Cl)c(C)c(S(=O)(=O)N2C[C@@H](C(N)=O)Oc3ccccc32)c1Cl. The van der Waals surface area contributed by atoms with Crippen LogP contribution in [0.5, 0.6) is 5.75 Å². The Hall–Kier alpha value is -1.96. The van der Waals surface area contributed by atoms with E-state index in [4.69, 9.17) is 33.7 Å². The molecule has 3 rings (SSSR count). The van der Waals surface area contributed by atoms with E-state index in [2.05, 4.69) is 0 Å². The van der Waals surface area contributed by atoms with Crippen molar-refractivity contribution in [3.05, 3.63) is 51.5 Å². The molecular formula is C17H16Cl2N2O4S. The Morgan fingerprint density at radius 1 is 1.27 bits per heavy atom. The number of amides is 1. The minimum absolute atomic E-state index is 0.0893. The lowest BCUT2D eigenvalue weighted by atomic mass is 10.2. The van der Waals surface area contributed by atoms with Gasteiger partial charge in [-0.2, -0.15) is 0 Å². The van der Waals surface area contributed by atoms with Gasteiger partial charge < -0.3 is 10.5 Å². The molecule has 9 heteroatoms. The van der Waals surface area contributed by atoms with Crippen molar-refractivity contribution in [2.24, 2.45) is 5.73 Å². The molecule has 0 saturated carbocycles. The number of hydrogen-bond acceptors (Lipinski definition) is 4. The van der Waals surface area contributed by atoms with E-state index in [1.54, 1.807) is 44.2 Å². The van der Waals surface area contributed by atoms with E-state index in [9.17, 15) is 13.2 Å². The van der Waals surface area contributed by atoms with Crippen molar-refractivity contribution < 1.29 is 17.9 Å². The number of halogens is 2. The molecule has 0 fully saturated rings. The molecule has 2 aromatic rings. The molecule has 0 unspecified atom stereocenters. The Morgan fingerprint density at radius 3 is 2.58 bits per heavy atom. The minimum Gasteiger partial charge on any atom is -0.476 e. The van der Waals surface area contributed by atoms with Crippen LogP contribution < -0.4 is 14.8 Å². The molecule has 0 bridgehead atoms. The fourth-order valence-electron chi connectivity index (χ4n) is 2.81. The summed E-state index contributed by atoms with van der Waals surface area (Å²) in [5.74, 6) is -0.511. The highest BCUT2D eigenvalue weighted by molar-refractivity contribution is 7.93. The number of ether oxygens (including phenoxy) is 1. The van der Waals surface area contributed by atoms with Crippen LogP contribution in [-0.4, -0.2) is 27.0 Å². The fourth-order valence-corrected chi connectivity index (χ4v) is 5.46. The van der Waals surface area contributed by atoms with Crippen molar-refractivity contribution in [3.8, 4) is 5.75 Å². The van der Waals surface area contributed by atoms with Gasteiger partial charge in [0.2, 0.25) is 0 Å². The normalized spacial score (nSPS) is 16.8. The number of primary amides is 1. The van der Waals surface area contributed by atoms with Gasteiger partial charge in [-0.15, -0.1) is 0 Å². The zero-order valence-electron chi connectivity index (χ0n) is 14.0. The van der Waals surface area contributed by atoms with E-state index in [0.717, 1.165) is 4.31 Å². The largest absolute Gasteiger partial charge is 0.476 e. The predicted octanol–water partition coefficient (Wildman–Crippen LogP) is 3.05. The second kappa shape index (κ2) is 6.64. The number of nitrogens with zero attached hydrogens (tertiary/aromatic N) is 1. The standard InChI is InChI=1S/C17H16Cl2N2O4S/c1-9-7-11(18)10(2)16(15(9)19)26(23,24)21-8-14(17(20)22)25-13-6-4-3-5-12(13)21/h3-7,14H,8H2,1-2H3,(H2,20,22)/t14-/m0/s1. The van der Waals surface area contributed by atoms with Crippen LogP contribution in [0, 0.1) is 13.8 Å². The van der Waals surface area contributed by atoms with Crippen molar-refractivity contribution >= 4 is 44.8 Å². The van der Waals surface area contributed by atoms with Crippen LogP contribution in [0.1, 0.15) is 11.1 Å². The fraction of sp³-hybridized carbons (Fsp3) is 0.235. The summed E-state index contributed by atoms with van der Waals surface area (Å²) in [6, 6.07) is 8.12. The first kappa shape index (κ1) is 18.8. The smallest absolute Gasteiger partial charge is 0.266 e. The summed E-state index contributed by atoms with van der Waals surface area (Å²) in [6.07, 6.45) is -1.11. The molecule has 0 radical (unpaired) electrons. The average molecular weight is 415 g/mol. The molecule has 0 aliphatic carbocycles. The summed E-state index contributed by atoms with van der Waals surface area (Å²) < 4.78 is 33.5. The molecule has 1 heterocycles. The van der Waals surface area contributed by atoms with Gasteiger partial charge in [0, 0.05) is 5.02 Å². The average Bonchev–Trinajstić information content (AvgIpc) is 2.59. The Kier molecular flexibility index (Phi) is 4.81. The number of para-hydroxylation sites is 2. The second-order valence-electron chi connectivity index (χ2n) is 5.96. The van der Waals surface area contributed by atoms with E-state index in [0.29, 0.717) is 21.8 Å². The molecule has 0 saturated heterocycles. The molecule has 0 spiro atoms. The first-order valence-electron chi connectivity index (χ1n) is 7.67. The summed E-state index contributed by atoms with van der Waals surface area (Å²) in [4.78, 5) is 11.6. The van der Waals surface area contributed by atoms with E-state index in [-0.39, 0.29) is 22.2 Å². The van der Waals surface area contributed by atoms with Gasteiger partial charge in [0.05, 0.1) is 17.3 Å². The Labute approximate surface area is 161 Å². The summed E-state index contributed by atoms with van der Waals surface area (Å²) in [6.45, 7) is 3.00.